The van der Waals surface area contributed by atoms with Crippen LogP contribution in [0.4, 0.5) is 17.1 Å². The van der Waals surface area contributed by atoms with Crippen LogP contribution in [0.5, 0.6) is 0 Å². The molecule has 0 aliphatic heterocycles. The minimum Gasteiger partial charge on any atom is -0.309 e. The standard InChI is InChI=1S/C64H44N2/c1-4-18-45(19-5-1)51-36-41-64(60(43-51)52-33-32-46-20-10-11-25-50(46)42-52)66(54-39-40-55(47-21-6-2-7-22-47)59(44-54)48-23-8-3-9-24-48)61-29-15-12-26-56(61)49-34-37-53(38-35-49)65-62-30-16-13-27-57(62)58-28-14-17-31-63(58)65/h1-44H. The van der Waals surface area contributed by atoms with Gasteiger partial charge in [0.1, 0.15) is 0 Å². The molecule has 310 valence electrons. The van der Waals surface area contributed by atoms with Gasteiger partial charge in [0.15, 0.2) is 0 Å². The summed E-state index contributed by atoms with van der Waals surface area (Å²) in [6.45, 7) is 0. The zero-order valence-corrected chi connectivity index (χ0v) is 36.3. The highest BCUT2D eigenvalue weighted by Crippen LogP contribution is 2.48. The normalized spacial score (nSPS) is 11.3. The highest BCUT2D eigenvalue weighted by molar-refractivity contribution is 6.09. The van der Waals surface area contributed by atoms with Crippen LogP contribution in [0.1, 0.15) is 0 Å². The van der Waals surface area contributed by atoms with E-state index in [2.05, 4.69) is 276 Å². The van der Waals surface area contributed by atoms with E-state index in [0.717, 1.165) is 45.0 Å². The van der Waals surface area contributed by atoms with Crippen molar-refractivity contribution in [2.75, 3.05) is 4.90 Å². The van der Waals surface area contributed by atoms with Crippen LogP contribution in [-0.4, -0.2) is 4.57 Å². The molecule has 0 aliphatic carbocycles. The maximum absolute atomic E-state index is 2.48. The Labute approximate surface area is 385 Å². The van der Waals surface area contributed by atoms with Crippen LogP contribution in [-0.2, 0) is 0 Å². The van der Waals surface area contributed by atoms with Gasteiger partial charge in [-0.3, -0.25) is 0 Å². The molecule has 12 aromatic rings. The van der Waals surface area contributed by atoms with E-state index < -0.39 is 0 Å². The molecule has 0 atom stereocenters. The van der Waals surface area contributed by atoms with Crippen molar-refractivity contribution < 1.29 is 0 Å². The summed E-state index contributed by atoms with van der Waals surface area (Å²) in [6, 6.07) is 97.1. The molecule has 0 N–H and O–H groups in total. The van der Waals surface area contributed by atoms with Crippen molar-refractivity contribution in [3.05, 3.63) is 267 Å². The predicted octanol–water partition coefficient (Wildman–Crippen LogP) is 17.7. The lowest BCUT2D eigenvalue weighted by atomic mass is 9.92. The van der Waals surface area contributed by atoms with Crippen molar-refractivity contribution in [1.82, 2.24) is 4.57 Å². The van der Waals surface area contributed by atoms with Crippen LogP contribution in [0.25, 0.3) is 93.9 Å². The summed E-state index contributed by atoms with van der Waals surface area (Å²) in [5.74, 6) is 0. The molecule has 0 saturated carbocycles. The lowest BCUT2D eigenvalue weighted by Gasteiger charge is -2.31. The van der Waals surface area contributed by atoms with Gasteiger partial charge in [-0.15, -0.1) is 0 Å². The first kappa shape index (κ1) is 38.9. The maximum atomic E-state index is 2.48. The van der Waals surface area contributed by atoms with Gasteiger partial charge in [-0.1, -0.05) is 206 Å². The molecule has 0 spiro atoms. The lowest BCUT2D eigenvalue weighted by molar-refractivity contribution is 1.18. The number of rotatable bonds is 9. The molecule has 2 nitrogen and oxygen atoms in total. The quantitative estimate of drug-likeness (QED) is 0.141. The first-order valence-corrected chi connectivity index (χ1v) is 22.7. The van der Waals surface area contributed by atoms with E-state index in [4.69, 9.17) is 0 Å². The monoisotopic (exact) mass is 840 g/mol. The highest BCUT2D eigenvalue weighted by Gasteiger charge is 2.23. The topological polar surface area (TPSA) is 8.17 Å². The van der Waals surface area contributed by atoms with Gasteiger partial charge < -0.3 is 9.47 Å². The third-order valence-corrected chi connectivity index (χ3v) is 13.0. The van der Waals surface area contributed by atoms with E-state index in [0.29, 0.717) is 0 Å². The molecule has 1 aromatic heterocycles. The minimum absolute atomic E-state index is 1.07. The Kier molecular flexibility index (Phi) is 9.89. The van der Waals surface area contributed by atoms with Gasteiger partial charge in [-0.2, -0.15) is 0 Å². The smallest absolute Gasteiger partial charge is 0.0541 e. The van der Waals surface area contributed by atoms with Crippen LogP contribution >= 0.6 is 0 Å². The van der Waals surface area contributed by atoms with Crippen molar-refractivity contribution in [2.45, 2.75) is 0 Å². The number of hydrogen-bond acceptors (Lipinski definition) is 1. The van der Waals surface area contributed by atoms with E-state index >= 15 is 0 Å². The molecule has 11 aromatic carbocycles. The average Bonchev–Trinajstić information content (AvgIpc) is 3.74. The number of nitrogens with zero attached hydrogens (tertiary/aromatic N) is 2. The van der Waals surface area contributed by atoms with E-state index in [1.54, 1.807) is 0 Å². The largest absolute Gasteiger partial charge is 0.309 e. The Bertz CT molecular complexity index is 3630. The number of anilines is 3. The van der Waals surface area contributed by atoms with Gasteiger partial charge in [0, 0.05) is 33.3 Å². The fourth-order valence-electron chi connectivity index (χ4n) is 9.84. The summed E-state index contributed by atoms with van der Waals surface area (Å²) < 4.78 is 2.39. The van der Waals surface area contributed by atoms with Gasteiger partial charge in [-0.05, 0) is 116 Å². The fraction of sp³-hybridized carbons (Fsp3) is 0. The number of hydrogen-bond donors (Lipinski definition) is 0. The summed E-state index contributed by atoms with van der Waals surface area (Å²) in [7, 11) is 0. The Morgan fingerprint density at radius 1 is 0.258 bits per heavy atom. The molecule has 2 heteroatoms. The number of benzene rings is 11. The molecule has 0 amide bonds. The number of para-hydroxylation sites is 3. The second-order valence-electron chi connectivity index (χ2n) is 16.9. The van der Waals surface area contributed by atoms with Crippen LogP contribution in [0.15, 0.2) is 267 Å². The maximum Gasteiger partial charge on any atom is 0.0541 e. The molecule has 0 radical (unpaired) electrons. The molecular weight excluding hydrogens is 797 g/mol. The van der Waals surface area contributed by atoms with E-state index in [9.17, 15) is 0 Å². The second kappa shape index (κ2) is 16.8. The summed E-state index contributed by atoms with van der Waals surface area (Å²) in [5.41, 5.74) is 18.4. The zero-order valence-electron chi connectivity index (χ0n) is 36.3. The summed E-state index contributed by atoms with van der Waals surface area (Å²) >= 11 is 0. The molecule has 12 rings (SSSR count). The van der Waals surface area contributed by atoms with E-state index in [1.807, 2.05) is 0 Å². The molecule has 0 aliphatic rings. The first-order chi connectivity index (χ1) is 32.7. The third kappa shape index (κ3) is 7.02. The Hall–Kier alpha value is -8.72. The fourth-order valence-corrected chi connectivity index (χ4v) is 9.84. The Morgan fingerprint density at radius 2 is 0.773 bits per heavy atom. The first-order valence-electron chi connectivity index (χ1n) is 22.7. The minimum atomic E-state index is 1.07. The SMILES string of the molecule is c1ccc(-c2ccc(N(c3ccc(-c4ccccc4)c(-c4ccccc4)c3)c3ccccc3-c3ccc(-n4c5ccccc5c5ccccc54)cc3)c(-c3ccc4ccccc4c3)c2)cc1. The molecule has 0 saturated heterocycles. The highest BCUT2D eigenvalue weighted by atomic mass is 15.1. The summed E-state index contributed by atoms with van der Waals surface area (Å²) in [5, 5.41) is 4.94. The molecule has 0 bridgehead atoms. The Morgan fingerprint density at radius 3 is 1.47 bits per heavy atom. The van der Waals surface area contributed by atoms with Crippen LogP contribution < -0.4 is 4.90 Å². The molecule has 66 heavy (non-hydrogen) atoms. The van der Waals surface area contributed by atoms with E-state index in [1.165, 1.54) is 66.0 Å². The molecule has 1 heterocycles. The zero-order chi connectivity index (χ0) is 43.8. The van der Waals surface area contributed by atoms with Crippen molar-refractivity contribution in [3.63, 3.8) is 0 Å². The average molecular weight is 841 g/mol. The van der Waals surface area contributed by atoms with Crippen molar-refractivity contribution in [1.29, 1.82) is 0 Å². The van der Waals surface area contributed by atoms with Crippen molar-refractivity contribution >= 4 is 49.6 Å². The van der Waals surface area contributed by atoms with Gasteiger partial charge in [-0.25, -0.2) is 0 Å². The van der Waals surface area contributed by atoms with Crippen LogP contribution in [0.3, 0.4) is 0 Å². The molecular formula is C64H44N2. The molecule has 0 fully saturated rings. The lowest BCUT2D eigenvalue weighted by Crippen LogP contribution is -2.13. The van der Waals surface area contributed by atoms with Crippen LogP contribution in [0.2, 0.25) is 0 Å². The van der Waals surface area contributed by atoms with Gasteiger partial charge in [0.2, 0.25) is 0 Å². The van der Waals surface area contributed by atoms with Crippen molar-refractivity contribution in [3.8, 4) is 61.3 Å². The van der Waals surface area contributed by atoms with E-state index in [-0.39, 0.29) is 0 Å². The summed E-state index contributed by atoms with van der Waals surface area (Å²) in [6.07, 6.45) is 0. The van der Waals surface area contributed by atoms with Gasteiger partial charge >= 0.3 is 0 Å². The molecule has 0 unspecified atom stereocenters. The van der Waals surface area contributed by atoms with Crippen LogP contribution in [0, 0.1) is 0 Å². The number of aromatic nitrogens is 1. The van der Waals surface area contributed by atoms with Gasteiger partial charge in [0.05, 0.1) is 22.4 Å². The predicted molar refractivity (Wildman–Crippen MR) is 280 cm³/mol. The van der Waals surface area contributed by atoms with Crippen molar-refractivity contribution in [2.24, 2.45) is 0 Å². The Balaban J connectivity index is 1.09. The third-order valence-electron chi connectivity index (χ3n) is 13.0. The van der Waals surface area contributed by atoms with Gasteiger partial charge in [0.25, 0.3) is 0 Å². The second-order valence-corrected chi connectivity index (χ2v) is 16.9. The summed E-state index contributed by atoms with van der Waals surface area (Å²) in [4.78, 5) is 2.48. The number of fused-ring (bicyclic) bond motifs is 4.